The van der Waals surface area contributed by atoms with E-state index >= 15 is 0 Å². The van der Waals surface area contributed by atoms with Crippen LogP contribution in [0.2, 0.25) is 0 Å². The summed E-state index contributed by atoms with van der Waals surface area (Å²) in [5, 5.41) is 24.3. The van der Waals surface area contributed by atoms with E-state index in [-0.39, 0.29) is 14.2 Å². The molecule has 1 radical (unpaired) electrons. The fourth-order valence-electron chi connectivity index (χ4n) is 0.151. The zero-order chi connectivity index (χ0) is 7.70. The Morgan fingerprint density at radius 1 is 1.67 bits per heavy atom. The summed E-state index contributed by atoms with van der Waals surface area (Å²) in [7, 11) is 1.59. The van der Waals surface area contributed by atoms with Gasteiger partial charge in [0.2, 0.25) is 0 Å². The number of carbonyl (C=O) groups is 1. The van der Waals surface area contributed by atoms with Crippen molar-refractivity contribution in [3.8, 4) is 0 Å². The van der Waals surface area contributed by atoms with Crippen molar-refractivity contribution in [2.45, 2.75) is 0 Å². The van der Waals surface area contributed by atoms with Crippen LogP contribution < -0.4 is 5.32 Å². The number of rotatable bonds is 2. The van der Waals surface area contributed by atoms with E-state index in [9.17, 15) is 4.79 Å². The zero-order valence-electron chi connectivity index (χ0n) is 5.03. The van der Waals surface area contributed by atoms with E-state index in [1.54, 1.807) is 7.05 Å². The number of carboxylic acid groups (broad SMARTS) is 1. The second kappa shape index (κ2) is 10.4. The van der Waals surface area contributed by atoms with Crippen LogP contribution in [0.15, 0.2) is 0 Å². The highest BCUT2D eigenvalue weighted by molar-refractivity contribution is 6.13. The summed E-state index contributed by atoms with van der Waals surface area (Å²) in [5.74, 6) is -0.822. The van der Waals surface area contributed by atoms with Gasteiger partial charge in [0, 0.05) is 0 Å². The molecule has 0 aliphatic rings. The second-order valence-corrected chi connectivity index (χ2v) is 1.04. The molecule has 0 spiro atoms. The van der Waals surface area contributed by atoms with Crippen molar-refractivity contribution >= 4 is 13.7 Å². The fraction of sp³-hybridized carbons (Fsp3) is 0.667. The van der Waals surface area contributed by atoms with Crippen LogP contribution in [0.3, 0.4) is 0 Å². The third-order valence-corrected chi connectivity index (χ3v) is 0.328. The van der Waals surface area contributed by atoms with Crippen LogP contribution in [-0.4, -0.2) is 42.4 Å². The minimum Gasteiger partial charge on any atom is -0.480 e. The Bertz CT molecular complexity index is 68.8. The first-order valence-electron chi connectivity index (χ1n) is 2.15. The maximum absolute atomic E-state index is 9.54. The van der Waals surface area contributed by atoms with Crippen LogP contribution >= 0.6 is 0 Å². The second-order valence-electron chi connectivity index (χ2n) is 1.04. The molecule has 0 fully saturated rings. The first kappa shape index (κ1) is 11.2. The average Bonchev–Trinajstić information content (AvgIpc) is 1.67. The molecule has 4 N–H and O–H groups in total. The lowest BCUT2D eigenvalue weighted by molar-refractivity contribution is -0.135. The molecule has 0 atom stereocenters. The smallest absolute Gasteiger partial charge is 0.480 e. The van der Waals surface area contributed by atoms with Crippen LogP contribution in [0.5, 0.6) is 0 Å². The minimum atomic E-state index is -0.822. The van der Waals surface area contributed by atoms with Gasteiger partial charge in [0.25, 0.3) is 0 Å². The van der Waals surface area contributed by atoms with Crippen LogP contribution in [0.25, 0.3) is 0 Å². The van der Waals surface area contributed by atoms with Gasteiger partial charge in [-0.2, -0.15) is 0 Å². The summed E-state index contributed by atoms with van der Waals surface area (Å²) >= 11 is 0. The molecular formula is C3H9BNO4. The van der Waals surface area contributed by atoms with Gasteiger partial charge in [-0.1, -0.05) is 0 Å². The first-order chi connectivity index (χ1) is 4.18. The predicted molar refractivity (Wildman–Crippen MR) is 31.8 cm³/mol. The van der Waals surface area contributed by atoms with Gasteiger partial charge in [-0.15, -0.1) is 0 Å². The van der Waals surface area contributed by atoms with E-state index < -0.39 is 5.97 Å². The lowest BCUT2D eigenvalue weighted by Crippen LogP contribution is -2.16. The van der Waals surface area contributed by atoms with E-state index in [1.165, 1.54) is 0 Å². The van der Waals surface area contributed by atoms with E-state index in [1.807, 2.05) is 0 Å². The third-order valence-electron chi connectivity index (χ3n) is 0.328. The Morgan fingerprint density at radius 2 is 2.00 bits per heavy atom. The van der Waals surface area contributed by atoms with E-state index in [0.717, 1.165) is 0 Å². The Kier molecular flexibility index (Phi) is 13.0. The summed E-state index contributed by atoms with van der Waals surface area (Å²) in [5.41, 5.74) is 0. The molecule has 9 heavy (non-hydrogen) atoms. The summed E-state index contributed by atoms with van der Waals surface area (Å²) in [4.78, 5) is 9.54. The van der Waals surface area contributed by atoms with Crippen molar-refractivity contribution in [2.24, 2.45) is 0 Å². The molecule has 0 aromatic heterocycles. The zero-order valence-corrected chi connectivity index (χ0v) is 5.03. The SMILES string of the molecule is CNCC(=O)O.O[B]O. The molecule has 0 aliphatic heterocycles. The van der Waals surface area contributed by atoms with Gasteiger partial charge in [0.15, 0.2) is 0 Å². The van der Waals surface area contributed by atoms with Crippen LogP contribution in [0.1, 0.15) is 0 Å². The van der Waals surface area contributed by atoms with Gasteiger partial charge in [-0.3, -0.25) is 4.79 Å². The van der Waals surface area contributed by atoms with Gasteiger partial charge >= 0.3 is 13.7 Å². The molecule has 0 unspecified atom stereocenters. The highest BCUT2D eigenvalue weighted by atomic mass is 16.4. The molecule has 0 heterocycles. The van der Waals surface area contributed by atoms with Gasteiger partial charge in [0.1, 0.15) is 0 Å². The maximum Gasteiger partial charge on any atom is 0.482 e. The Morgan fingerprint density at radius 3 is 2.00 bits per heavy atom. The number of hydrogen-bond acceptors (Lipinski definition) is 4. The van der Waals surface area contributed by atoms with Crippen molar-refractivity contribution in [2.75, 3.05) is 13.6 Å². The molecule has 0 rings (SSSR count). The van der Waals surface area contributed by atoms with Crippen molar-refractivity contribution in [1.29, 1.82) is 0 Å². The van der Waals surface area contributed by atoms with E-state index in [2.05, 4.69) is 5.32 Å². The number of carboxylic acids is 1. The topological polar surface area (TPSA) is 89.8 Å². The Hall–Kier alpha value is -0.585. The summed E-state index contributed by atoms with van der Waals surface area (Å²) in [6.45, 7) is 0.0417. The third kappa shape index (κ3) is 37.3. The minimum absolute atomic E-state index is 0. The quantitative estimate of drug-likeness (QED) is 0.321. The van der Waals surface area contributed by atoms with Crippen molar-refractivity contribution in [1.82, 2.24) is 5.32 Å². The molecule has 5 nitrogen and oxygen atoms in total. The average molecular weight is 134 g/mol. The number of hydrogen-bond donors (Lipinski definition) is 4. The van der Waals surface area contributed by atoms with Gasteiger partial charge in [-0.25, -0.2) is 0 Å². The van der Waals surface area contributed by atoms with Crippen LogP contribution in [-0.2, 0) is 4.79 Å². The number of aliphatic carboxylic acids is 1. The molecule has 0 amide bonds. The largest absolute Gasteiger partial charge is 0.482 e. The van der Waals surface area contributed by atoms with Crippen LogP contribution in [0, 0.1) is 0 Å². The Labute approximate surface area is 53.6 Å². The molecule has 0 saturated heterocycles. The monoisotopic (exact) mass is 134 g/mol. The molecule has 6 heteroatoms. The van der Waals surface area contributed by atoms with Crippen molar-refractivity contribution < 1.29 is 19.9 Å². The first-order valence-corrected chi connectivity index (χ1v) is 2.15. The fourth-order valence-corrected chi connectivity index (χ4v) is 0.151. The van der Waals surface area contributed by atoms with Crippen LogP contribution in [0.4, 0.5) is 0 Å². The molecule has 0 saturated carbocycles. The molecule has 53 valence electrons. The van der Waals surface area contributed by atoms with E-state index in [4.69, 9.17) is 15.2 Å². The van der Waals surface area contributed by atoms with Crippen molar-refractivity contribution in [3.63, 3.8) is 0 Å². The van der Waals surface area contributed by atoms with Gasteiger partial charge in [0.05, 0.1) is 6.54 Å². The normalized spacial score (nSPS) is 7.00. The van der Waals surface area contributed by atoms with E-state index in [0.29, 0.717) is 0 Å². The summed E-state index contributed by atoms with van der Waals surface area (Å²) < 4.78 is 0. The van der Waals surface area contributed by atoms with Gasteiger partial charge in [-0.05, 0) is 7.05 Å². The maximum atomic E-state index is 9.54. The lowest BCUT2D eigenvalue weighted by Gasteiger charge is -1.84. The van der Waals surface area contributed by atoms with Crippen molar-refractivity contribution in [3.05, 3.63) is 0 Å². The lowest BCUT2D eigenvalue weighted by atomic mass is 10.5. The molecule has 0 aromatic carbocycles. The van der Waals surface area contributed by atoms with Gasteiger partial charge < -0.3 is 20.5 Å². The highest BCUT2D eigenvalue weighted by Gasteiger charge is 1.86. The molecule has 0 aliphatic carbocycles. The number of nitrogens with one attached hydrogen (secondary N) is 1. The Balaban J connectivity index is 0. The molecular weight excluding hydrogens is 125 g/mol. The summed E-state index contributed by atoms with van der Waals surface area (Å²) in [6, 6.07) is 0. The molecule has 0 aromatic rings. The highest BCUT2D eigenvalue weighted by Crippen LogP contribution is 1.50. The number of likely N-dealkylation sites (N-methyl/N-ethyl adjacent to an activating group) is 1. The molecule has 0 bridgehead atoms. The summed E-state index contributed by atoms with van der Waals surface area (Å²) in [6.07, 6.45) is 0. The predicted octanol–water partition coefficient (Wildman–Crippen LogP) is -2.20. The standard InChI is InChI=1S/C3H7NO2.BH2O2/c1-4-2-3(5)6;2-1-3/h4H,2H2,1H3,(H,5,6);2-3H.